The highest BCUT2D eigenvalue weighted by atomic mass is 35.5. The average molecular weight is 208 g/mol. The van der Waals surface area contributed by atoms with Crippen LogP contribution in [-0.2, 0) is 4.74 Å². The maximum Gasteiger partial charge on any atom is 0.0655 e. The van der Waals surface area contributed by atoms with Crippen molar-refractivity contribution in [2.24, 2.45) is 17.1 Å². The molecule has 0 aromatic heterocycles. The van der Waals surface area contributed by atoms with E-state index in [1.54, 1.807) is 0 Å². The van der Waals surface area contributed by atoms with Gasteiger partial charge in [0, 0.05) is 18.1 Å². The van der Waals surface area contributed by atoms with Crippen LogP contribution in [-0.4, -0.2) is 18.8 Å². The predicted octanol–water partition coefficient (Wildman–Crippen LogP) is 2.21. The Morgan fingerprint density at radius 3 is 2.31 bits per heavy atom. The number of ether oxygens (including phenoxy) is 1. The number of hydrogen-bond donors (Lipinski definition) is 1. The van der Waals surface area contributed by atoms with Crippen LogP contribution in [0.5, 0.6) is 0 Å². The van der Waals surface area contributed by atoms with E-state index in [-0.39, 0.29) is 17.8 Å². The molecule has 2 N–H and O–H groups in total. The van der Waals surface area contributed by atoms with Gasteiger partial charge in [0.1, 0.15) is 0 Å². The Morgan fingerprint density at radius 1 is 1.46 bits per heavy atom. The molecule has 1 fully saturated rings. The summed E-state index contributed by atoms with van der Waals surface area (Å²) in [4.78, 5) is 0. The van der Waals surface area contributed by atoms with Crippen molar-refractivity contribution in [2.75, 3.05) is 6.61 Å². The van der Waals surface area contributed by atoms with Gasteiger partial charge >= 0.3 is 0 Å². The maximum atomic E-state index is 5.87. The number of hydrogen-bond acceptors (Lipinski definition) is 2. The van der Waals surface area contributed by atoms with Crippen molar-refractivity contribution in [3.63, 3.8) is 0 Å². The zero-order valence-electron chi connectivity index (χ0n) is 9.04. The Balaban J connectivity index is 0.00000144. The second-order valence-corrected chi connectivity index (χ2v) is 4.88. The van der Waals surface area contributed by atoms with Crippen molar-refractivity contribution < 1.29 is 4.74 Å². The highest BCUT2D eigenvalue weighted by molar-refractivity contribution is 5.85. The number of rotatable bonds is 3. The molecule has 1 aliphatic rings. The van der Waals surface area contributed by atoms with Gasteiger partial charge in [0.25, 0.3) is 0 Å². The molecule has 0 spiro atoms. The van der Waals surface area contributed by atoms with Crippen LogP contribution in [0.25, 0.3) is 0 Å². The van der Waals surface area contributed by atoms with Crippen LogP contribution in [0.3, 0.4) is 0 Å². The number of halogens is 1. The molecular formula is C10H22ClNO. The Morgan fingerprint density at radius 2 is 2.00 bits per heavy atom. The lowest BCUT2D eigenvalue weighted by atomic mass is 9.65. The first-order chi connectivity index (χ1) is 5.44. The molecule has 0 aromatic carbocycles. The minimum Gasteiger partial charge on any atom is -0.377 e. The van der Waals surface area contributed by atoms with E-state index in [9.17, 15) is 0 Å². The molecule has 0 amide bonds. The minimum absolute atomic E-state index is 0. The van der Waals surface area contributed by atoms with Crippen molar-refractivity contribution >= 4 is 12.4 Å². The Bertz CT molecular complexity index is 159. The number of nitrogens with two attached hydrogens (primary N) is 1. The van der Waals surface area contributed by atoms with Crippen LogP contribution < -0.4 is 5.73 Å². The zero-order valence-corrected chi connectivity index (χ0v) is 9.86. The third kappa shape index (κ3) is 2.83. The van der Waals surface area contributed by atoms with Crippen LogP contribution in [0.1, 0.15) is 34.1 Å². The van der Waals surface area contributed by atoms with E-state index in [4.69, 9.17) is 10.5 Å². The maximum absolute atomic E-state index is 5.87. The lowest BCUT2D eigenvalue weighted by Gasteiger charge is -2.50. The summed E-state index contributed by atoms with van der Waals surface area (Å²) >= 11 is 0. The summed E-state index contributed by atoms with van der Waals surface area (Å²) in [5.41, 5.74) is 6.06. The summed E-state index contributed by atoms with van der Waals surface area (Å²) in [7, 11) is 0. The van der Waals surface area contributed by atoms with Crippen LogP contribution in [0.15, 0.2) is 0 Å². The second-order valence-electron chi connectivity index (χ2n) is 4.88. The molecule has 0 aliphatic heterocycles. The lowest BCUT2D eigenvalue weighted by Crippen LogP contribution is -2.59. The van der Waals surface area contributed by atoms with Crippen molar-refractivity contribution in [3.8, 4) is 0 Å². The molecule has 1 saturated carbocycles. The minimum atomic E-state index is 0. The summed E-state index contributed by atoms with van der Waals surface area (Å²) in [6.45, 7) is 9.58. The van der Waals surface area contributed by atoms with Gasteiger partial charge < -0.3 is 10.5 Å². The first kappa shape index (κ1) is 13.2. The van der Waals surface area contributed by atoms with Gasteiger partial charge in [-0.25, -0.2) is 0 Å². The standard InChI is InChI=1S/C10H21NO.ClH/c1-7(2)6-12-9-5-8(11)10(9,3)4;/h7-9H,5-6,11H2,1-4H3;1H. The average Bonchev–Trinajstić information content (AvgIpc) is 1.97. The van der Waals surface area contributed by atoms with Gasteiger partial charge in [0.05, 0.1) is 6.10 Å². The van der Waals surface area contributed by atoms with Gasteiger partial charge in [-0.1, -0.05) is 27.7 Å². The molecule has 2 nitrogen and oxygen atoms in total. The first-order valence-corrected chi connectivity index (χ1v) is 4.81. The summed E-state index contributed by atoms with van der Waals surface area (Å²) in [5, 5.41) is 0. The molecule has 2 atom stereocenters. The van der Waals surface area contributed by atoms with Crippen LogP contribution >= 0.6 is 12.4 Å². The molecule has 0 heterocycles. The van der Waals surface area contributed by atoms with E-state index in [0.29, 0.717) is 18.1 Å². The summed E-state index contributed by atoms with van der Waals surface area (Å²) < 4.78 is 5.75. The van der Waals surface area contributed by atoms with E-state index in [1.807, 2.05) is 0 Å². The van der Waals surface area contributed by atoms with Crippen molar-refractivity contribution in [1.82, 2.24) is 0 Å². The van der Waals surface area contributed by atoms with Crippen molar-refractivity contribution in [2.45, 2.75) is 46.3 Å². The molecule has 80 valence electrons. The van der Waals surface area contributed by atoms with Crippen LogP contribution in [0.2, 0.25) is 0 Å². The predicted molar refractivity (Wildman–Crippen MR) is 58.2 cm³/mol. The third-order valence-electron chi connectivity index (χ3n) is 2.88. The van der Waals surface area contributed by atoms with Crippen molar-refractivity contribution in [1.29, 1.82) is 0 Å². The molecule has 1 aliphatic carbocycles. The highest BCUT2D eigenvalue weighted by Gasteiger charge is 2.46. The quantitative estimate of drug-likeness (QED) is 0.770. The van der Waals surface area contributed by atoms with E-state index < -0.39 is 0 Å². The topological polar surface area (TPSA) is 35.2 Å². The van der Waals surface area contributed by atoms with Gasteiger partial charge in [-0.2, -0.15) is 0 Å². The SMILES string of the molecule is CC(C)COC1CC(N)C1(C)C.Cl. The first-order valence-electron chi connectivity index (χ1n) is 4.81. The molecule has 0 saturated heterocycles. The molecule has 13 heavy (non-hydrogen) atoms. The van der Waals surface area contributed by atoms with E-state index in [1.165, 1.54) is 0 Å². The fourth-order valence-electron chi connectivity index (χ4n) is 1.51. The van der Waals surface area contributed by atoms with Crippen molar-refractivity contribution in [3.05, 3.63) is 0 Å². The normalized spacial score (nSPS) is 30.9. The zero-order chi connectivity index (χ0) is 9.35. The lowest BCUT2D eigenvalue weighted by molar-refractivity contribution is -0.114. The second kappa shape index (κ2) is 4.63. The highest BCUT2D eigenvalue weighted by Crippen LogP contribution is 2.41. The fourth-order valence-corrected chi connectivity index (χ4v) is 1.51. The Labute approximate surface area is 87.6 Å². The molecule has 2 unspecified atom stereocenters. The van der Waals surface area contributed by atoms with E-state index in [0.717, 1.165) is 13.0 Å². The van der Waals surface area contributed by atoms with E-state index >= 15 is 0 Å². The summed E-state index contributed by atoms with van der Waals surface area (Å²) in [5.74, 6) is 0.623. The van der Waals surface area contributed by atoms with Gasteiger partial charge in [-0.05, 0) is 12.3 Å². The van der Waals surface area contributed by atoms with Gasteiger partial charge in [0.2, 0.25) is 0 Å². The molecule has 0 bridgehead atoms. The third-order valence-corrected chi connectivity index (χ3v) is 2.88. The summed E-state index contributed by atoms with van der Waals surface area (Å²) in [6, 6.07) is 0.328. The smallest absolute Gasteiger partial charge is 0.0655 e. The van der Waals surface area contributed by atoms with Gasteiger partial charge in [-0.3, -0.25) is 0 Å². The van der Waals surface area contributed by atoms with Gasteiger partial charge in [-0.15, -0.1) is 12.4 Å². The van der Waals surface area contributed by atoms with Crippen LogP contribution in [0.4, 0.5) is 0 Å². The van der Waals surface area contributed by atoms with Gasteiger partial charge in [0.15, 0.2) is 0 Å². The molecule has 3 heteroatoms. The Kier molecular flexibility index (Phi) is 4.70. The molecule has 0 radical (unpaired) electrons. The van der Waals surface area contributed by atoms with E-state index in [2.05, 4.69) is 27.7 Å². The molecular weight excluding hydrogens is 186 g/mol. The largest absolute Gasteiger partial charge is 0.377 e. The Hall–Kier alpha value is 0.210. The monoisotopic (exact) mass is 207 g/mol. The van der Waals surface area contributed by atoms with Crippen LogP contribution in [0, 0.1) is 11.3 Å². The fraction of sp³-hybridized carbons (Fsp3) is 1.00. The molecule has 0 aromatic rings. The molecule has 1 rings (SSSR count). The summed E-state index contributed by atoms with van der Waals surface area (Å²) in [6.07, 6.45) is 1.41.